The van der Waals surface area contributed by atoms with Crippen LogP contribution < -0.4 is 5.32 Å². The fourth-order valence-electron chi connectivity index (χ4n) is 8.47. The quantitative estimate of drug-likeness (QED) is 0.0334. The van der Waals surface area contributed by atoms with E-state index >= 15 is 0 Å². The Hall–Kier alpha value is -1.01. The van der Waals surface area contributed by atoms with Gasteiger partial charge in [-0.3, -0.25) is 4.79 Å². The van der Waals surface area contributed by atoms with Crippen LogP contribution in [0.1, 0.15) is 200 Å². The van der Waals surface area contributed by atoms with Crippen molar-refractivity contribution in [1.82, 2.24) is 5.32 Å². The molecule has 2 fully saturated rings. The van der Waals surface area contributed by atoms with E-state index in [-0.39, 0.29) is 12.5 Å². The van der Waals surface area contributed by atoms with E-state index in [2.05, 4.69) is 19.2 Å². The summed E-state index contributed by atoms with van der Waals surface area (Å²) >= 11 is 0. The van der Waals surface area contributed by atoms with E-state index in [9.17, 15) is 45.6 Å². The molecule has 1 amide bonds. The second kappa shape index (κ2) is 35.3. The Balaban J connectivity index is 1.84. The fourth-order valence-corrected chi connectivity index (χ4v) is 8.47. The summed E-state index contributed by atoms with van der Waals surface area (Å²) in [6, 6.07) is -0.819. The molecule has 2 rings (SSSR count). The molecule has 0 aromatic heterocycles. The highest BCUT2D eigenvalue weighted by Crippen LogP contribution is 2.30. The number of rotatable bonds is 38. The van der Waals surface area contributed by atoms with Crippen molar-refractivity contribution in [2.24, 2.45) is 0 Å². The Morgan fingerprint density at radius 2 is 0.934 bits per heavy atom. The van der Waals surface area contributed by atoms with Crippen molar-refractivity contribution < 1.29 is 64.6 Å². The van der Waals surface area contributed by atoms with Crippen molar-refractivity contribution in [2.45, 2.75) is 274 Å². The van der Waals surface area contributed by atoms with Gasteiger partial charge in [0, 0.05) is 6.42 Å². The SMILES string of the molecule is CCCCCCCCCCCCCCCCCC(=O)NC(COC1OC(CO)C(OC2OC(CO)C(O)C(O)C2O)C(O)C1O)C(O)CCCCCCCCCCCCCC. The molecule has 2 heterocycles. The molecule has 9 N–H and O–H groups in total. The third-order valence-corrected chi connectivity index (χ3v) is 12.6. The minimum absolute atomic E-state index is 0.205. The molecule has 0 aromatic carbocycles. The van der Waals surface area contributed by atoms with Crippen molar-refractivity contribution >= 4 is 5.91 Å². The lowest BCUT2D eigenvalue weighted by Gasteiger charge is -2.46. The highest BCUT2D eigenvalue weighted by atomic mass is 16.7. The number of hydrogen-bond acceptors (Lipinski definition) is 13. The molecule has 61 heavy (non-hydrogen) atoms. The van der Waals surface area contributed by atoms with E-state index in [0.29, 0.717) is 12.8 Å². The van der Waals surface area contributed by atoms with E-state index < -0.39 is 86.8 Å². The fraction of sp³-hybridized carbons (Fsp3) is 0.979. The van der Waals surface area contributed by atoms with E-state index in [1.165, 1.54) is 122 Å². The molecular weight excluding hydrogens is 787 g/mol. The van der Waals surface area contributed by atoms with Crippen LogP contribution in [0.5, 0.6) is 0 Å². The third-order valence-electron chi connectivity index (χ3n) is 12.6. The maximum absolute atomic E-state index is 13.2. The van der Waals surface area contributed by atoms with Gasteiger partial charge in [0.05, 0.1) is 32.0 Å². The predicted molar refractivity (Wildman–Crippen MR) is 236 cm³/mol. The van der Waals surface area contributed by atoms with Gasteiger partial charge in [0.25, 0.3) is 0 Å². The van der Waals surface area contributed by atoms with Gasteiger partial charge in [-0.15, -0.1) is 0 Å². The summed E-state index contributed by atoms with van der Waals surface area (Å²) in [5, 5.41) is 86.7. The summed E-state index contributed by atoms with van der Waals surface area (Å²) in [4.78, 5) is 13.2. The minimum atomic E-state index is -1.78. The van der Waals surface area contributed by atoms with Gasteiger partial charge in [-0.1, -0.05) is 181 Å². The average molecular weight is 878 g/mol. The largest absolute Gasteiger partial charge is 0.394 e. The van der Waals surface area contributed by atoms with Crippen LogP contribution in [0.3, 0.4) is 0 Å². The Labute approximate surface area is 368 Å². The normalized spacial score (nSPS) is 27.9. The third kappa shape index (κ3) is 23.1. The first kappa shape index (κ1) is 56.1. The molecule has 0 aliphatic carbocycles. The zero-order chi connectivity index (χ0) is 44.7. The number of carbonyl (C=O) groups excluding carboxylic acids is 1. The van der Waals surface area contributed by atoms with Gasteiger partial charge >= 0.3 is 0 Å². The smallest absolute Gasteiger partial charge is 0.220 e. The molecule has 12 unspecified atom stereocenters. The van der Waals surface area contributed by atoms with Gasteiger partial charge in [-0.2, -0.15) is 0 Å². The van der Waals surface area contributed by atoms with Crippen molar-refractivity contribution in [3.05, 3.63) is 0 Å². The van der Waals surface area contributed by atoms with Gasteiger partial charge in [0.2, 0.25) is 5.91 Å². The van der Waals surface area contributed by atoms with Crippen LogP contribution in [0.4, 0.5) is 0 Å². The van der Waals surface area contributed by atoms with Crippen molar-refractivity contribution in [3.63, 3.8) is 0 Å². The molecule has 2 aliphatic rings. The lowest BCUT2D eigenvalue weighted by Crippen LogP contribution is -2.65. The number of nitrogens with one attached hydrogen (secondary N) is 1. The van der Waals surface area contributed by atoms with Crippen LogP contribution in [0.2, 0.25) is 0 Å². The zero-order valence-corrected chi connectivity index (χ0v) is 38.2. The van der Waals surface area contributed by atoms with E-state index in [1.807, 2.05) is 0 Å². The Bertz CT molecular complexity index is 1040. The standard InChI is InChI=1S/C47H91NO13/c1-3-5-7-9-11-13-15-17-18-19-21-23-25-27-29-31-39(52)48-35(36(51)30-28-26-24-22-20-16-14-12-10-8-6-4-2)34-58-46-44(57)42(55)45(38(33-50)60-46)61-47-43(56)41(54)40(53)37(32-49)59-47/h35-38,40-47,49-51,53-57H,3-34H2,1-2H3,(H,48,52). The van der Waals surface area contributed by atoms with Crippen molar-refractivity contribution in [1.29, 1.82) is 0 Å². The van der Waals surface area contributed by atoms with Crippen LogP contribution in [-0.4, -0.2) is 140 Å². The van der Waals surface area contributed by atoms with Gasteiger partial charge in [0.1, 0.15) is 48.8 Å². The van der Waals surface area contributed by atoms with Crippen LogP contribution in [0.15, 0.2) is 0 Å². The molecule has 14 heteroatoms. The maximum Gasteiger partial charge on any atom is 0.220 e. The summed E-state index contributed by atoms with van der Waals surface area (Å²) in [7, 11) is 0. The van der Waals surface area contributed by atoms with Crippen LogP contribution in [-0.2, 0) is 23.7 Å². The Kier molecular flexibility index (Phi) is 32.5. The number of hydrogen-bond donors (Lipinski definition) is 9. The first-order valence-corrected chi connectivity index (χ1v) is 24.8. The van der Waals surface area contributed by atoms with Crippen LogP contribution >= 0.6 is 0 Å². The molecule has 0 radical (unpaired) electrons. The summed E-state index contributed by atoms with van der Waals surface area (Å²) in [5.74, 6) is -0.205. The average Bonchev–Trinajstić information content (AvgIpc) is 3.26. The molecule has 0 spiro atoms. The second-order valence-corrected chi connectivity index (χ2v) is 18.0. The van der Waals surface area contributed by atoms with Gasteiger partial charge in [-0.25, -0.2) is 0 Å². The van der Waals surface area contributed by atoms with Gasteiger partial charge < -0.3 is 65.1 Å². The first-order valence-electron chi connectivity index (χ1n) is 24.8. The van der Waals surface area contributed by atoms with Crippen molar-refractivity contribution in [3.8, 4) is 0 Å². The van der Waals surface area contributed by atoms with E-state index in [4.69, 9.17) is 18.9 Å². The minimum Gasteiger partial charge on any atom is -0.394 e. The summed E-state index contributed by atoms with van der Waals surface area (Å²) in [6.45, 7) is 2.85. The summed E-state index contributed by atoms with van der Waals surface area (Å²) in [6.07, 6.45) is 16.7. The number of carbonyl (C=O) groups is 1. The Morgan fingerprint density at radius 1 is 0.525 bits per heavy atom. The molecule has 14 nitrogen and oxygen atoms in total. The molecule has 0 aromatic rings. The lowest BCUT2D eigenvalue weighted by atomic mass is 9.97. The molecule has 2 aliphatic heterocycles. The monoisotopic (exact) mass is 878 g/mol. The highest BCUT2D eigenvalue weighted by molar-refractivity contribution is 5.76. The number of aliphatic hydroxyl groups is 8. The Morgan fingerprint density at radius 3 is 1.39 bits per heavy atom. The second-order valence-electron chi connectivity index (χ2n) is 18.0. The number of amides is 1. The highest BCUT2D eigenvalue weighted by Gasteiger charge is 2.51. The van der Waals surface area contributed by atoms with E-state index in [1.54, 1.807) is 0 Å². The number of ether oxygens (including phenoxy) is 4. The maximum atomic E-state index is 13.2. The molecule has 362 valence electrons. The molecular formula is C47H91NO13. The molecule has 12 atom stereocenters. The molecule has 0 bridgehead atoms. The molecule has 2 saturated heterocycles. The predicted octanol–water partition coefficient (Wildman–Crippen LogP) is 5.83. The topological polar surface area (TPSA) is 228 Å². The van der Waals surface area contributed by atoms with Crippen LogP contribution in [0, 0.1) is 0 Å². The number of unbranched alkanes of at least 4 members (excludes halogenated alkanes) is 25. The van der Waals surface area contributed by atoms with Gasteiger partial charge in [-0.05, 0) is 12.8 Å². The zero-order valence-electron chi connectivity index (χ0n) is 38.2. The van der Waals surface area contributed by atoms with Crippen LogP contribution in [0.25, 0.3) is 0 Å². The number of aliphatic hydroxyl groups excluding tert-OH is 8. The van der Waals surface area contributed by atoms with Crippen molar-refractivity contribution in [2.75, 3.05) is 19.8 Å². The first-order chi connectivity index (χ1) is 29.6. The van der Waals surface area contributed by atoms with E-state index in [0.717, 1.165) is 51.4 Å². The summed E-state index contributed by atoms with van der Waals surface area (Å²) < 4.78 is 22.7. The lowest BCUT2D eigenvalue weighted by molar-refractivity contribution is -0.359. The summed E-state index contributed by atoms with van der Waals surface area (Å²) in [5.41, 5.74) is 0. The van der Waals surface area contributed by atoms with Gasteiger partial charge in [0.15, 0.2) is 12.6 Å². The molecule has 0 saturated carbocycles.